The number of hydrogen-bond acceptors (Lipinski definition) is 4. The van der Waals surface area contributed by atoms with E-state index in [2.05, 4.69) is 36.0 Å². The zero-order valence-electron chi connectivity index (χ0n) is 12.8. The van der Waals surface area contributed by atoms with Crippen LogP contribution in [0.3, 0.4) is 0 Å². The molecular formula is C16H22ClN3O. The van der Waals surface area contributed by atoms with Crippen molar-refractivity contribution in [3.8, 4) is 0 Å². The molecule has 0 aliphatic carbocycles. The maximum absolute atomic E-state index is 6.23. The first kappa shape index (κ1) is 14.7. The topological polar surface area (TPSA) is 41.3 Å². The van der Waals surface area contributed by atoms with Crippen LogP contribution in [0.2, 0.25) is 5.02 Å². The average molecular weight is 308 g/mol. The van der Waals surface area contributed by atoms with Crippen LogP contribution < -0.4 is 10.2 Å². The van der Waals surface area contributed by atoms with E-state index >= 15 is 0 Å². The van der Waals surface area contributed by atoms with Crippen LogP contribution in [0.1, 0.15) is 26.3 Å². The molecule has 0 unspecified atom stereocenters. The molecule has 1 N–H and O–H groups in total. The van der Waals surface area contributed by atoms with Gasteiger partial charge in [-0.3, -0.25) is 0 Å². The highest BCUT2D eigenvalue weighted by molar-refractivity contribution is 6.31. The van der Waals surface area contributed by atoms with Gasteiger partial charge >= 0.3 is 0 Å². The Hall–Kier alpha value is -1.26. The van der Waals surface area contributed by atoms with Gasteiger partial charge in [0, 0.05) is 30.7 Å². The van der Waals surface area contributed by atoms with E-state index in [-0.39, 0.29) is 0 Å². The second-order valence-electron chi connectivity index (χ2n) is 6.25. The Bertz CT molecular complexity index is 638. The lowest BCUT2D eigenvalue weighted by Gasteiger charge is -2.32. The summed E-state index contributed by atoms with van der Waals surface area (Å²) in [5.41, 5.74) is 2.89. The number of nitrogens with one attached hydrogen (secondary N) is 1. The van der Waals surface area contributed by atoms with Gasteiger partial charge in [0.25, 0.3) is 6.01 Å². The molecule has 1 aliphatic heterocycles. The summed E-state index contributed by atoms with van der Waals surface area (Å²) in [5.74, 6) is 0.554. The Labute approximate surface area is 130 Å². The third kappa shape index (κ3) is 3.01. The van der Waals surface area contributed by atoms with Crippen molar-refractivity contribution >= 4 is 28.7 Å². The van der Waals surface area contributed by atoms with Crippen molar-refractivity contribution in [2.24, 2.45) is 5.92 Å². The van der Waals surface area contributed by atoms with E-state index in [1.165, 1.54) is 0 Å². The largest absolute Gasteiger partial charge is 0.423 e. The number of anilines is 1. The molecule has 21 heavy (non-hydrogen) atoms. The lowest BCUT2D eigenvalue weighted by molar-refractivity contribution is 0.455. The van der Waals surface area contributed by atoms with Crippen LogP contribution in [0.25, 0.3) is 11.1 Å². The molecule has 1 aliphatic rings. The van der Waals surface area contributed by atoms with Gasteiger partial charge in [0.15, 0.2) is 5.58 Å². The van der Waals surface area contributed by atoms with Gasteiger partial charge in [-0.2, -0.15) is 4.98 Å². The van der Waals surface area contributed by atoms with Crippen molar-refractivity contribution in [2.45, 2.75) is 33.2 Å². The zero-order valence-corrected chi connectivity index (χ0v) is 13.6. The smallest absolute Gasteiger partial charge is 0.298 e. The highest BCUT2D eigenvalue weighted by atomic mass is 35.5. The van der Waals surface area contributed by atoms with Gasteiger partial charge in [-0.1, -0.05) is 25.4 Å². The van der Waals surface area contributed by atoms with Crippen molar-refractivity contribution in [3.63, 3.8) is 0 Å². The predicted molar refractivity (Wildman–Crippen MR) is 87.2 cm³/mol. The van der Waals surface area contributed by atoms with Crippen molar-refractivity contribution < 1.29 is 4.42 Å². The second-order valence-corrected chi connectivity index (χ2v) is 6.69. The third-order valence-electron chi connectivity index (χ3n) is 3.90. The molecule has 1 aromatic carbocycles. The van der Waals surface area contributed by atoms with E-state index in [1.807, 2.05) is 12.1 Å². The van der Waals surface area contributed by atoms with Gasteiger partial charge in [-0.05, 0) is 37.0 Å². The molecule has 2 aromatic rings. The van der Waals surface area contributed by atoms with E-state index < -0.39 is 0 Å². The Kier molecular flexibility index (Phi) is 4.09. The van der Waals surface area contributed by atoms with Gasteiger partial charge in [0.2, 0.25) is 0 Å². The molecule has 4 nitrogen and oxygen atoms in total. The number of aromatic nitrogens is 1. The van der Waals surface area contributed by atoms with Crippen LogP contribution in [0.15, 0.2) is 16.5 Å². The van der Waals surface area contributed by atoms with Gasteiger partial charge < -0.3 is 14.6 Å². The normalized spacial score (nSPS) is 19.7. The molecule has 1 atom stereocenters. The van der Waals surface area contributed by atoms with Gasteiger partial charge in [-0.15, -0.1) is 0 Å². The molecule has 0 bridgehead atoms. The molecule has 0 amide bonds. The maximum Gasteiger partial charge on any atom is 0.298 e. The molecule has 1 saturated heterocycles. The number of fused-ring (bicyclic) bond motifs is 1. The van der Waals surface area contributed by atoms with Crippen LogP contribution in [-0.2, 0) is 6.42 Å². The molecule has 2 heterocycles. The van der Waals surface area contributed by atoms with Gasteiger partial charge in [0.1, 0.15) is 5.52 Å². The SMILES string of the molecule is CC(C)Cc1cc(Cl)cc2nc(N3CCNC[C@@H]3C)oc12. The summed E-state index contributed by atoms with van der Waals surface area (Å²) in [6.07, 6.45) is 0.947. The molecule has 3 rings (SSSR count). The highest BCUT2D eigenvalue weighted by Crippen LogP contribution is 2.30. The minimum absolute atomic E-state index is 0.385. The summed E-state index contributed by atoms with van der Waals surface area (Å²) in [7, 11) is 0. The molecule has 1 fully saturated rings. The highest BCUT2D eigenvalue weighted by Gasteiger charge is 2.23. The second kappa shape index (κ2) is 5.85. The summed E-state index contributed by atoms with van der Waals surface area (Å²) in [6.45, 7) is 9.41. The Morgan fingerprint density at radius 1 is 1.48 bits per heavy atom. The van der Waals surface area contributed by atoms with Gasteiger partial charge in [0.05, 0.1) is 0 Å². The average Bonchev–Trinajstić information content (AvgIpc) is 2.82. The number of piperazine rings is 1. The molecule has 0 radical (unpaired) electrons. The summed E-state index contributed by atoms with van der Waals surface area (Å²) in [5, 5.41) is 4.11. The summed E-state index contributed by atoms with van der Waals surface area (Å²) < 4.78 is 6.09. The fraction of sp³-hybridized carbons (Fsp3) is 0.562. The lowest BCUT2D eigenvalue weighted by Crippen LogP contribution is -2.50. The summed E-state index contributed by atoms with van der Waals surface area (Å²) in [6, 6.07) is 4.99. The van der Waals surface area contributed by atoms with Crippen LogP contribution in [-0.4, -0.2) is 30.7 Å². The molecule has 114 valence electrons. The Balaban J connectivity index is 2.02. The van der Waals surface area contributed by atoms with E-state index in [9.17, 15) is 0 Å². The minimum Gasteiger partial charge on any atom is -0.423 e. The molecule has 0 saturated carbocycles. The van der Waals surface area contributed by atoms with E-state index in [0.29, 0.717) is 18.0 Å². The standard InChI is InChI=1S/C16H22ClN3O/c1-10(2)6-12-7-13(17)8-14-15(12)21-16(19-14)20-5-4-18-9-11(20)3/h7-8,10-11,18H,4-6,9H2,1-3H3/t11-/m0/s1. The molecule has 1 aromatic heterocycles. The molecule has 5 heteroatoms. The van der Waals surface area contributed by atoms with Crippen LogP contribution in [0.5, 0.6) is 0 Å². The van der Waals surface area contributed by atoms with Crippen molar-refractivity contribution in [1.29, 1.82) is 0 Å². The summed E-state index contributed by atoms with van der Waals surface area (Å²) >= 11 is 6.23. The Morgan fingerprint density at radius 2 is 2.29 bits per heavy atom. The first-order chi connectivity index (χ1) is 10.0. The fourth-order valence-corrected chi connectivity index (χ4v) is 3.13. The van der Waals surface area contributed by atoms with Crippen molar-refractivity contribution in [2.75, 3.05) is 24.5 Å². The number of oxazole rings is 1. The zero-order chi connectivity index (χ0) is 15.0. The monoisotopic (exact) mass is 307 g/mol. The number of hydrogen-bond donors (Lipinski definition) is 1. The molecule has 0 spiro atoms. The Morgan fingerprint density at radius 3 is 3.00 bits per heavy atom. The van der Waals surface area contributed by atoms with E-state index in [1.54, 1.807) is 0 Å². The van der Waals surface area contributed by atoms with Crippen LogP contribution in [0, 0.1) is 5.92 Å². The lowest BCUT2D eigenvalue weighted by atomic mass is 10.0. The number of nitrogens with zero attached hydrogens (tertiary/aromatic N) is 2. The first-order valence-corrected chi connectivity index (χ1v) is 7.98. The summed E-state index contributed by atoms with van der Waals surface area (Å²) in [4.78, 5) is 6.89. The van der Waals surface area contributed by atoms with Gasteiger partial charge in [-0.25, -0.2) is 0 Å². The number of halogens is 1. The van der Waals surface area contributed by atoms with Crippen molar-refractivity contribution in [3.05, 3.63) is 22.7 Å². The van der Waals surface area contributed by atoms with E-state index in [0.717, 1.165) is 47.7 Å². The molecular weight excluding hydrogens is 286 g/mol. The minimum atomic E-state index is 0.385. The van der Waals surface area contributed by atoms with Crippen LogP contribution >= 0.6 is 11.6 Å². The quantitative estimate of drug-likeness (QED) is 0.942. The fourth-order valence-electron chi connectivity index (χ4n) is 2.89. The van der Waals surface area contributed by atoms with Crippen molar-refractivity contribution in [1.82, 2.24) is 10.3 Å². The predicted octanol–water partition coefficient (Wildman–Crippen LogP) is 3.48. The maximum atomic E-state index is 6.23. The number of benzene rings is 1. The number of rotatable bonds is 3. The van der Waals surface area contributed by atoms with Crippen LogP contribution in [0.4, 0.5) is 6.01 Å². The van der Waals surface area contributed by atoms with E-state index in [4.69, 9.17) is 16.0 Å². The first-order valence-electron chi connectivity index (χ1n) is 7.61. The third-order valence-corrected chi connectivity index (χ3v) is 4.11.